The summed E-state index contributed by atoms with van der Waals surface area (Å²) in [5, 5.41) is 13.1. The summed E-state index contributed by atoms with van der Waals surface area (Å²) in [4.78, 5) is 25.5. The maximum atomic E-state index is 13.3. The smallest absolute Gasteiger partial charge is 0.396 e. The zero-order valence-corrected chi connectivity index (χ0v) is 20.3. The number of fused-ring (bicyclic) bond motifs is 5. The Labute approximate surface area is 204 Å². The summed E-state index contributed by atoms with van der Waals surface area (Å²) in [6, 6.07) is 4.63. The van der Waals surface area contributed by atoms with Crippen molar-refractivity contribution in [3.05, 3.63) is 41.5 Å². The number of ketones is 1. The van der Waals surface area contributed by atoms with Crippen LogP contribution in [0.2, 0.25) is 0 Å². The van der Waals surface area contributed by atoms with Gasteiger partial charge in [0.25, 0.3) is 0 Å². The molecule has 4 nitrogen and oxygen atoms in total. The van der Waals surface area contributed by atoms with E-state index in [1.54, 1.807) is 0 Å². The predicted octanol–water partition coefficient (Wildman–Crippen LogP) is 6.01. The summed E-state index contributed by atoms with van der Waals surface area (Å²) in [6.07, 6.45) is 3.25. The largest absolute Gasteiger partial charge is 0.416 e. The zero-order valence-electron chi connectivity index (χ0n) is 20.3. The number of rotatable bonds is 3. The van der Waals surface area contributed by atoms with Crippen molar-refractivity contribution in [1.29, 1.82) is 0 Å². The van der Waals surface area contributed by atoms with Crippen molar-refractivity contribution in [2.75, 3.05) is 11.9 Å². The maximum absolute atomic E-state index is 13.3. The molecule has 1 aromatic carbocycles. The number of anilines is 1. The van der Waals surface area contributed by atoms with Crippen LogP contribution in [0.4, 0.5) is 18.9 Å². The highest BCUT2D eigenvalue weighted by Crippen LogP contribution is 2.67. The molecule has 2 N–H and O–H groups in total. The second-order valence-corrected chi connectivity index (χ2v) is 11.7. The fourth-order valence-corrected chi connectivity index (χ4v) is 8.36. The molecule has 0 bridgehead atoms. The molecule has 4 aliphatic carbocycles. The molecule has 35 heavy (non-hydrogen) atoms. The summed E-state index contributed by atoms with van der Waals surface area (Å²) < 4.78 is 38.6. The average Bonchev–Trinajstić information content (AvgIpc) is 3.16. The summed E-state index contributed by atoms with van der Waals surface area (Å²) in [6.45, 7) is 4.53. The molecule has 1 amide bonds. The van der Waals surface area contributed by atoms with E-state index in [1.165, 1.54) is 12.1 Å². The number of amides is 1. The minimum Gasteiger partial charge on any atom is -0.396 e. The number of hydrogen-bond acceptors (Lipinski definition) is 3. The highest BCUT2D eigenvalue weighted by atomic mass is 19.4. The maximum Gasteiger partial charge on any atom is 0.416 e. The van der Waals surface area contributed by atoms with Crippen LogP contribution < -0.4 is 5.32 Å². The summed E-state index contributed by atoms with van der Waals surface area (Å²) >= 11 is 0. The van der Waals surface area contributed by atoms with E-state index in [1.807, 2.05) is 6.08 Å². The van der Waals surface area contributed by atoms with Crippen LogP contribution >= 0.6 is 0 Å². The third kappa shape index (κ3) is 3.94. The van der Waals surface area contributed by atoms with Gasteiger partial charge in [-0.05, 0) is 97.5 Å². The first-order chi connectivity index (χ1) is 16.5. The van der Waals surface area contributed by atoms with E-state index in [2.05, 4.69) is 19.2 Å². The lowest BCUT2D eigenvalue weighted by Crippen LogP contribution is -2.53. The standard InChI is InChI=1S/C28H34F3NO3/c1-26-12-10-22-20(13-16(15-33)24-14-19(34)9-11-27(22,24)2)21(26)7-8-23(26)25(35)32-18-5-3-17(4-6-18)28(29,30)31/h3-6,14,16,20-23,33H,7-13,15H2,1-2H3,(H,32,35)/t16?,20-,21-,22+,23?,26-,27+/m0/s1. The third-order valence-electron chi connectivity index (χ3n) is 10.1. The van der Waals surface area contributed by atoms with Crippen LogP contribution in [-0.2, 0) is 15.8 Å². The third-order valence-corrected chi connectivity index (χ3v) is 10.1. The number of carbonyl (C=O) groups is 2. The van der Waals surface area contributed by atoms with E-state index >= 15 is 0 Å². The van der Waals surface area contributed by atoms with E-state index in [9.17, 15) is 27.9 Å². The molecule has 0 aliphatic heterocycles. The molecule has 3 saturated carbocycles. The number of benzene rings is 1. The van der Waals surface area contributed by atoms with Crippen LogP contribution in [0.3, 0.4) is 0 Å². The van der Waals surface area contributed by atoms with Crippen LogP contribution in [0.15, 0.2) is 35.9 Å². The Morgan fingerprint density at radius 3 is 2.46 bits per heavy atom. The first kappa shape index (κ1) is 24.5. The normalized spacial score (nSPS) is 38.7. The number of hydrogen-bond donors (Lipinski definition) is 2. The van der Waals surface area contributed by atoms with Gasteiger partial charge in [-0.1, -0.05) is 19.4 Å². The minimum atomic E-state index is -4.41. The predicted molar refractivity (Wildman–Crippen MR) is 126 cm³/mol. The van der Waals surface area contributed by atoms with Gasteiger partial charge >= 0.3 is 6.18 Å². The molecule has 0 heterocycles. The van der Waals surface area contributed by atoms with Crippen LogP contribution in [0.25, 0.3) is 0 Å². The molecule has 2 unspecified atom stereocenters. The molecule has 1 aromatic rings. The SMILES string of the molecule is C[C@]12CCC(=O)C=C1C(CO)C[C@@H]1[C@H]2CC[C@]2(C)C(C(=O)Nc3ccc(C(F)(F)F)cc3)CC[C@@H]12. The van der Waals surface area contributed by atoms with Gasteiger partial charge in [0.05, 0.1) is 5.56 Å². The van der Waals surface area contributed by atoms with Crippen molar-refractivity contribution in [2.24, 2.45) is 40.4 Å². The van der Waals surface area contributed by atoms with Gasteiger partial charge < -0.3 is 10.4 Å². The lowest BCUT2D eigenvalue weighted by atomic mass is 9.45. The van der Waals surface area contributed by atoms with E-state index in [0.29, 0.717) is 29.9 Å². The number of nitrogens with one attached hydrogen (secondary N) is 1. The van der Waals surface area contributed by atoms with E-state index in [-0.39, 0.29) is 41.0 Å². The molecule has 190 valence electrons. The number of aliphatic hydroxyl groups is 1. The zero-order chi connectivity index (χ0) is 25.2. The molecule has 4 aliphatic rings. The molecular formula is C28H34F3NO3. The van der Waals surface area contributed by atoms with Crippen molar-refractivity contribution < 1.29 is 27.9 Å². The van der Waals surface area contributed by atoms with Gasteiger partial charge in [0, 0.05) is 30.6 Å². The molecule has 0 saturated heterocycles. The van der Waals surface area contributed by atoms with E-state index in [4.69, 9.17) is 0 Å². The Bertz CT molecular complexity index is 1050. The summed E-state index contributed by atoms with van der Waals surface area (Å²) in [5.74, 6) is 1.04. The lowest BCUT2D eigenvalue weighted by molar-refractivity contribution is -0.137. The van der Waals surface area contributed by atoms with Crippen LogP contribution in [0.1, 0.15) is 64.4 Å². The molecule has 0 radical (unpaired) electrons. The van der Waals surface area contributed by atoms with Crippen molar-refractivity contribution >= 4 is 17.4 Å². The van der Waals surface area contributed by atoms with Crippen molar-refractivity contribution in [1.82, 2.24) is 0 Å². The second kappa shape index (κ2) is 8.46. The van der Waals surface area contributed by atoms with E-state index < -0.39 is 11.7 Å². The lowest BCUT2D eigenvalue weighted by Gasteiger charge is -2.59. The fourth-order valence-electron chi connectivity index (χ4n) is 8.36. The molecule has 0 aromatic heterocycles. The van der Waals surface area contributed by atoms with Gasteiger partial charge in [-0.3, -0.25) is 9.59 Å². The van der Waals surface area contributed by atoms with Gasteiger partial charge in [0.1, 0.15) is 0 Å². The van der Waals surface area contributed by atoms with Gasteiger partial charge in [0.15, 0.2) is 5.78 Å². The Kier molecular flexibility index (Phi) is 5.93. The van der Waals surface area contributed by atoms with Crippen molar-refractivity contribution in [3.63, 3.8) is 0 Å². The van der Waals surface area contributed by atoms with Gasteiger partial charge in [-0.15, -0.1) is 0 Å². The number of alkyl halides is 3. The molecule has 0 spiro atoms. The highest BCUT2D eigenvalue weighted by Gasteiger charge is 2.61. The van der Waals surface area contributed by atoms with Crippen LogP contribution in [0, 0.1) is 40.4 Å². The first-order valence-electron chi connectivity index (χ1n) is 12.8. The molecule has 3 fully saturated rings. The van der Waals surface area contributed by atoms with Crippen LogP contribution in [0.5, 0.6) is 0 Å². The molecular weight excluding hydrogens is 455 g/mol. The summed E-state index contributed by atoms with van der Waals surface area (Å²) in [7, 11) is 0. The summed E-state index contributed by atoms with van der Waals surface area (Å²) in [5.41, 5.74) is 0.529. The second-order valence-electron chi connectivity index (χ2n) is 11.7. The Morgan fingerprint density at radius 2 is 1.80 bits per heavy atom. The van der Waals surface area contributed by atoms with Gasteiger partial charge in [-0.2, -0.15) is 13.2 Å². The Hall–Kier alpha value is -2.15. The molecule has 7 atom stereocenters. The number of halogens is 3. The first-order valence-corrected chi connectivity index (χ1v) is 12.8. The van der Waals surface area contributed by atoms with Crippen molar-refractivity contribution in [2.45, 2.75) is 65.0 Å². The topological polar surface area (TPSA) is 66.4 Å². The number of aliphatic hydroxyl groups excluding tert-OH is 1. The van der Waals surface area contributed by atoms with Gasteiger partial charge in [-0.25, -0.2) is 0 Å². The quantitative estimate of drug-likeness (QED) is 0.546. The Morgan fingerprint density at radius 1 is 1.09 bits per heavy atom. The van der Waals surface area contributed by atoms with E-state index in [0.717, 1.165) is 56.2 Å². The van der Waals surface area contributed by atoms with Crippen molar-refractivity contribution in [3.8, 4) is 0 Å². The highest BCUT2D eigenvalue weighted by molar-refractivity contribution is 5.93. The van der Waals surface area contributed by atoms with Gasteiger partial charge in [0.2, 0.25) is 5.91 Å². The molecule has 5 rings (SSSR count). The monoisotopic (exact) mass is 489 g/mol. The van der Waals surface area contributed by atoms with Crippen LogP contribution in [-0.4, -0.2) is 23.4 Å². The Balaban J connectivity index is 1.36. The minimum absolute atomic E-state index is 0.00660. The fraction of sp³-hybridized carbons (Fsp3) is 0.643. The number of carbonyl (C=O) groups excluding carboxylic acids is 2. The average molecular weight is 490 g/mol. The molecule has 7 heteroatoms.